The van der Waals surface area contributed by atoms with Gasteiger partial charge in [0.25, 0.3) is 0 Å². The summed E-state index contributed by atoms with van der Waals surface area (Å²) in [6.07, 6.45) is 13.8. The molecule has 0 aromatic heterocycles. The van der Waals surface area contributed by atoms with Crippen LogP contribution in [0.3, 0.4) is 0 Å². The van der Waals surface area contributed by atoms with E-state index >= 15 is 0 Å². The molecule has 1 aliphatic rings. The van der Waals surface area contributed by atoms with Crippen molar-refractivity contribution in [2.45, 2.75) is 38.5 Å². The molecule has 0 saturated heterocycles. The normalized spacial score (nSPS) is 24.3. The van der Waals surface area contributed by atoms with Crippen molar-refractivity contribution in [3.63, 3.8) is 0 Å². The van der Waals surface area contributed by atoms with E-state index in [9.17, 15) is 0 Å². The van der Waals surface area contributed by atoms with Crippen LogP contribution < -0.4 is 9.72 Å². The van der Waals surface area contributed by atoms with Gasteiger partial charge in [-0.25, -0.2) is 0 Å². The molecule has 182 valence electrons. The van der Waals surface area contributed by atoms with E-state index in [0.29, 0.717) is 0 Å². The van der Waals surface area contributed by atoms with Crippen molar-refractivity contribution >= 4 is 98.1 Å². The van der Waals surface area contributed by atoms with E-state index in [1.54, 1.807) is 0 Å². The SMILES string of the molecule is SCCCP1(CCCS)(CCCS)N=PNP(CCCS)(CCCS)(CCCS)N1. The van der Waals surface area contributed by atoms with Crippen LogP contribution in [0.2, 0.25) is 0 Å². The summed E-state index contributed by atoms with van der Waals surface area (Å²) in [6, 6.07) is 0. The third kappa shape index (κ3) is 8.58. The summed E-state index contributed by atoms with van der Waals surface area (Å²) in [5.41, 5.74) is 0. The van der Waals surface area contributed by atoms with Gasteiger partial charge < -0.3 is 0 Å². The van der Waals surface area contributed by atoms with Gasteiger partial charge in [-0.1, -0.05) is 0 Å². The molecule has 1 rings (SSSR count). The molecule has 3 nitrogen and oxygen atoms in total. The zero-order valence-corrected chi connectivity index (χ0v) is 26.2. The van der Waals surface area contributed by atoms with Crippen LogP contribution in [0.15, 0.2) is 4.52 Å². The van der Waals surface area contributed by atoms with Gasteiger partial charge in [0.05, 0.1) is 0 Å². The van der Waals surface area contributed by atoms with Gasteiger partial charge in [0.15, 0.2) is 0 Å². The number of rotatable bonds is 18. The Morgan fingerprint density at radius 2 is 0.867 bits per heavy atom. The second-order valence-electron chi connectivity index (χ2n) is 8.59. The monoisotopic (exact) mass is 587 g/mol. The standard InChI is InChI=1S/C18H44N3P3S6/c25-13-1-7-23(8-2-14-26,9-3-15-27)19-22-20-24(21-23,10-4-16-28,11-5-17-29)12-6-18-30/h21,25-30H,1-18H2,(H,19,20). The molecule has 0 amide bonds. The zero-order chi connectivity index (χ0) is 22.5. The molecule has 12 heteroatoms. The van der Waals surface area contributed by atoms with Gasteiger partial charge in [-0.15, -0.1) is 0 Å². The first kappa shape index (κ1) is 31.0. The molecule has 0 atom stereocenters. The molecular formula is C18H44N3P3S6. The second-order valence-corrected chi connectivity index (χ2v) is 23.3. The fourth-order valence-electron chi connectivity index (χ4n) is 4.91. The number of hydrogen-bond donors (Lipinski definition) is 8. The van der Waals surface area contributed by atoms with Gasteiger partial charge in [0.1, 0.15) is 0 Å². The first-order chi connectivity index (χ1) is 14.4. The molecule has 0 bridgehead atoms. The number of nitrogens with zero attached hydrogens (tertiary/aromatic N) is 1. The zero-order valence-electron chi connectivity index (χ0n) is 18.2. The third-order valence-corrected chi connectivity index (χ3v) is 25.2. The fraction of sp³-hybridized carbons (Fsp3) is 1.00. The van der Waals surface area contributed by atoms with Gasteiger partial charge in [0, 0.05) is 0 Å². The van der Waals surface area contributed by atoms with Crippen LogP contribution in [0.1, 0.15) is 38.5 Å². The number of nitrogens with one attached hydrogen (secondary N) is 2. The van der Waals surface area contributed by atoms with Gasteiger partial charge >= 0.3 is 222 Å². The summed E-state index contributed by atoms with van der Waals surface area (Å²) in [5.74, 6) is 5.54. The molecule has 1 aliphatic heterocycles. The van der Waals surface area contributed by atoms with Crippen LogP contribution in [0.25, 0.3) is 0 Å². The molecule has 0 fully saturated rings. The van der Waals surface area contributed by atoms with E-state index < -0.39 is 13.8 Å². The average Bonchev–Trinajstić information content (AvgIpc) is 2.77. The average molecular weight is 588 g/mol. The molecule has 30 heavy (non-hydrogen) atoms. The maximum atomic E-state index is 5.52. The van der Waals surface area contributed by atoms with Crippen molar-refractivity contribution in [3.8, 4) is 0 Å². The van der Waals surface area contributed by atoms with Crippen molar-refractivity contribution in [2.75, 3.05) is 71.5 Å². The van der Waals surface area contributed by atoms with Crippen LogP contribution in [-0.2, 0) is 0 Å². The van der Waals surface area contributed by atoms with Gasteiger partial charge in [-0.05, 0) is 0 Å². The Balaban J connectivity index is 3.59. The summed E-state index contributed by atoms with van der Waals surface area (Å²) in [6.45, 7) is -4.95. The Hall–Kier alpha value is 2.98. The van der Waals surface area contributed by atoms with Crippen molar-refractivity contribution in [2.24, 2.45) is 4.52 Å². The van der Waals surface area contributed by atoms with E-state index in [1.165, 1.54) is 18.5 Å². The van der Waals surface area contributed by atoms with E-state index in [4.69, 9.17) is 4.52 Å². The topological polar surface area (TPSA) is 36.4 Å². The van der Waals surface area contributed by atoms with Crippen molar-refractivity contribution in [1.82, 2.24) is 9.72 Å². The Morgan fingerprint density at radius 1 is 0.533 bits per heavy atom. The number of thiol groups is 6. The van der Waals surface area contributed by atoms with Crippen molar-refractivity contribution < 1.29 is 0 Å². The van der Waals surface area contributed by atoms with Gasteiger partial charge in [-0.3, -0.25) is 0 Å². The van der Waals surface area contributed by atoms with Gasteiger partial charge in [-0.2, -0.15) is 0 Å². The third-order valence-electron chi connectivity index (χ3n) is 6.21. The summed E-state index contributed by atoms with van der Waals surface area (Å²) in [4.78, 5) is 8.65. The summed E-state index contributed by atoms with van der Waals surface area (Å²) in [5, 5.41) is 0. The molecule has 0 radical (unpaired) electrons. The minimum atomic E-state index is -2.52. The van der Waals surface area contributed by atoms with E-state index in [-0.39, 0.29) is 0 Å². The van der Waals surface area contributed by atoms with E-state index in [0.717, 1.165) is 100 Å². The van der Waals surface area contributed by atoms with Crippen LogP contribution in [0.4, 0.5) is 0 Å². The molecule has 0 saturated carbocycles. The molecule has 0 spiro atoms. The fourth-order valence-corrected chi connectivity index (χ4v) is 27.7. The van der Waals surface area contributed by atoms with Crippen molar-refractivity contribution in [1.29, 1.82) is 0 Å². The Labute approximate surface area is 220 Å². The summed E-state index contributed by atoms with van der Waals surface area (Å²) in [7, 11) is 1.09. The minimum absolute atomic E-state index is 0.918. The quantitative estimate of drug-likeness (QED) is 0.0663. The van der Waals surface area contributed by atoms with Crippen LogP contribution in [0.5, 0.6) is 0 Å². The van der Waals surface area contributed by atoms with Crippen LogP contribution in [0, 0.1) is 0 Å². The van der Waals surface area contributed by atoms with Crippen molar-refractivity contribution in [3.05, 3.63) is 0 Å². The molecule has 1 heterocycles. The molecular weight excluding hydrogens is 544 g/mol. The number of hydrogen-bond acceptors (Lipinski definition) is 9. The van der Waals surface area contributed by atoms with E-state index in [1.807, 2.05) is 0 Å². The van der Waals surface area contributed by atoms with Crippen LogP contribution in [-0.4, -0.2) is 71.5 Å². The summed E-state index contributed by atoms with van der Waals surface area (Å²) >= 11 is 27.6. The molecule has 0 unspecified atom stereocenters. The maximum absolute atomic E-state index is 5.52. The summed E-state index contributed by atoms with van der Waals surface area (Å²) < 4.78 is 5.52. The Kier molecular flexibility index (Phi) is 15.7. The van der Waals surface area contributed by atoms with Crippen LogP contribution >= 0.6 is 98.1 Å². The molecule has 0 aliphatic carbocycles. The van der Waals surface area contributed by atoms with Gasteiger partial charge in [0.2, 0.25) is 0 Å². The molecule has 0 aromatic carbocycles. The first-order valence-electron chi connectivity index (χ1n) is 11.1. The molecule has 0 aromatic rings. The predicted molar refractivity (Wildman–Crippen MR) is 169 cm³/mol. The first-order valence-corrected chi connectivity index (χ1v) is 21.3. The molecule has 2 N–H and O–H groups in total. The Morgan fingerprint density at radius 3 is 1.20 bits per heavy atom. The predicted octanol–water partition coefficient (Wildman–Crippen LogP) is 6.91. The van der Waals surface area contributed by atoms with E-state index in [2.05, 4.69) is 85.5 Å². The Bertz CT molecular complexity index is 480. The second kappa shape index (κ2) is 15.2.